The molecule has 2 unspecified atom stereocenters. The van der Waals surface area contributed by atoms with Gasteiger partial charge >= 0.3 is 0 Å². The molecular weight excluding hydrogens is 283 g/mol. The molecule has 1 saturated heterocycles. The van der Waals surface area contributed by atoms with E-state index in [9.17, 15) is 9.18 Å². The van der Waals surface area contributed by atoms with Crippen molar-refractivity contribution in [3.63, 3.8) is 0 Å². The molecule has 1 aromatic heterocycles. The summed E-state index contributed by atoms with van der Waals surface area (Å²) in [5.41, 5.74) is 7.92. The lowest BCUT2D eigenvalue weighted by Gasteiger charge is -2.24. The van der Waals surface area contributed by atoms with E-state index in [1.165, 1.54) is 12.1 Å². The first-order chi connectivity index (χ1) is 10.6. The minimum atomic E-state index is -0.245. The molecule has 2 atom stereocenters. The van der Waals surface area contributed by atoms with Crippen LogP contribution in [0.25, 0.3) is 0 Å². The van der Waals surface area contributed by atoms with E-state index in [0.29, 0.717) is 12.2 Å². The highest BCUT2D eigenvalue weighted by Gasteiger charge is 2.30. The second-order valence-electron chi connectivity index (χ2n) is 5.58. The lowest BCUT2D eigenvalue weighted by Crippen LogP contribution is -2.34. The Morgan fingerprint density at radius 1 is 1.32 bits per heavy atom. The minimum Gasteiger partial charge on any atom is -0.357 e. The molecule has 1 aliphatic rings. The lowest BCUT2D eigenvalue weighted by molar-refractivity contribution is 0.0766. The fourth-order valence-electron chi connectivity index (χ4n) is 2.83. The van der Waals surface area contributed by atoms with Gasteiger partial charge in [-0.1, -0.05) is 12.1 Å². The molecule has 3 rings (SSSR count). The molecule has 1 fully saturated rings. The third-order valence-corrected chi connectivity index (χ3v) is 4.01. The summed E-state index contributed by atoms with van der Waals surface area (Å²) in [7, 11) is 1.79. The minimum absolute atomic E-state index is 0.0326. The number of carbonyl (C=O) groups is 1. The molecule has 0 aliphatic carbocycles. The molecule has 3 N–H and O–H groups in total. The Hall–Kier alpha value is -2.18. The Labute approximate surface area is 128 Å². The monoisotopic (exact) mass is 302 g/mol. The Kier molecular flexibility index (Phi) is 4.22. The maximum absolute atomic E-state index is 13.1. The van der Waals surface area contributed by atoms with Gasteiger partial charge in [0.1, 0.15) is 11.5 Å². The highest BCUT2D eigenvalue weighted by Crippen LogP contribution is 2.25. The number of hydrazine groups is 1. The zero-order chi connectivity index (χ0) is 15.5. The molecule has 0 bridgehead atoms. The summed E-state index contributed by atoms with van der Waals surface area (Å²) in [4.78, 5) is 16.9. The van der Waals surface area contributed by atoms with Gasteiger partial charge in [-0.15, -0.1) is 0 Å². The van der Waals surface area contributed by atoms with Gasteiger partial charge in [0.05, 0.1) is 6.04 Å². The summed E-state index contributed by atoms with van der Waals surface area (Å²) in [6, 6.07) is 10.1. The number of hydrogen-bond acceptors (Lipinski definition) is 3. The quantitative estimate of drug-likeness (QED) is 0.805. The first-order valence-corrected chi connectivity index (χ1v) is 7.28. The van der Waals surface area contributed by atoms with Crippen LogP contribution < -0.4 is 10.9 Å². The van der Waals surface area contributed by atoms with Crippen LogP contribution in [0.3, 0.4) is 0 Å². The summed E-state index contributed by atoms with van der Waals surface area (Å²) in [5, 5.41) is 0. The van der Waals surface area contributed by atoms with Crippen LogP contribution >= 0.6 is 0 Å². The Bertz CT molecular complexity index is 626. The standard InChI is InChI=1S/C16H19FN4O/c1-21(16(22)14-3-2-8-18-14)10-12-9-19-20-15(12)11-4-6-13(17)7-5-11/h2-8,12,15,18-20H,9-10H2,1H3. The van der Waals surface area contributed by atoms with Gasteiger partial charge in [-0.3, -0.25) is 10.2 Å². The molecular formula is C16H19FN4O. The number of carbonyl (C=O) groups excluding carboxylic acids is 1. The normalized spacial score (nSPS) is 21.0. The number of aromatic amines is 1. The number of halogens is 1. The Morgan fingerprint density at radius 2 is 2.09 bits per heavy atom. The Balaban J connectivity index is 1.68. The van der Waals surface area contributed by atoms with E-state index < -0.39 is 0 Å². The van der Waals surface area contributed by atoms with Crippen molar-refractivity contribution in [1.29, 1.82) is 0 Å². The number of hydrogen-bond donors (Lipinski definition) is 3. The maximum atomic E-state index is 13.1. The summed E-state index contributed by atoms with van der Waals surface area (Å²) >= 11 is 0. The third kappa shape index (κ3) is 3.03. The number of aromatic nitrogens is 1. The van der Waals surface area contributed by atoms with Crippen LogP contribution in [-0.4, -0.2) is 35.9 Å². The summed E-state index contributed by atoms with van der Waals surface area (Å²) in [6.07, 6.45) is 1.74. The number of H-pyrrole nitrogens is 1. The number of amides is 1. The van der Waals surface area contributed by atoms with Gasteiger partial charge in [-0.05, 0) is 29.8 Å². The van der Waals surface area contributed by atoms with Crippen molar-refractivity contribution in [2.75, 3.05) is 20.1 Å². The SMILES string of the molecule is CN(CC1CNNC1c1ccc(F)cc1)C(=O)c1ccc[nH]1. The van der Waals surface area contributed by atoms with Crippen LogP contribution in [-0.2, 0) is 0 Å². The van der Waals surface area contributed by atoms with E-state index in [0.717, 1.165) is 12.1 Å². The Morgan fingerprint density at radius 3 is 2.77 bits per heavy atom. The van der Waals surface area contributed by atoms with Crippen molar-refractivity contribution in [3.05, 3.63) is 59.7 Å². The van der Waals surface area contributed by atoms with Gasteiger partial charge in [0, 0.05) is 32.3 Å². The van der Waals surface area contributed by atoms with E-state index in [1.807, 2.05) is 0 Å². The average molecular weight is 302 g/mol. The molecule has 116 valence electrons. The number of rotatable bonds is 4. The highest BCUT2D eigenvalue weighted by molar-refractivity contribution is 5.92. The van der Waals surface area contributed by atoms with E-state index in [4.69, 9.17) is 0 Å². The van der Waals surface area contributed by atoms with Gasteiger partial charge < -0.3 is 9.88 Å². The summed E-state index contributed by atoms with van der Waals surface area (Å²) < 4.78 is 13.1. The van der Waals surface area contributed by atoms with E-state index in [1.54, 1.807) is 42.4 Å². The highest BCUT2D eigenvalue weighted by atomic mass is 19.1. The number of benzene rings is 1. The van der Waals surface area contributed by atoms with Crippen LogP contribution in [0.1, 0.15) is 22.1 Å². The van der Waals surface area contributed by atoms with E-state index >= 15 is 0 Å². The van der Waals surface area contributed by atoms with Crippen LogP contribution in [0, 0.1) is 11.7 Å². The van der Waals surface area contributed by atoms with Crippen molar-refractivity contribution >= 4 is 5.91 Å². The molecule has 6 heteroatoms. The molecule has 5 nitrogen and oxygen atoms in total. The summed E-state index contributed by atoms with van der Waals surface area (Å²) in [5.74, 6) is -0.0607. The molecule has 2 aromatic rings. The van der Waals surface area contributed by atoms with Crippen LogP contribution in [0.4, 0.5) is 4.39 Å². The predicted octanol–water partition coefficient (Wildman–Crippen LogP) is 1.69. The second kappa shape index (κ2) is 6.29. The first-order valence-electron chi connectivity index (χ1n) is 7.28. The van der Waals surface area contributed by atoms with Gasteiger partial charge in [0.25, 0.3) is 5.91 Å². The topological polar surface area (TPSA) is 60.2 Å². The molecule has 1 amide bonds. The smallest absolute Gasteiger partial charge is 0.270 e. The third-order valence-electron chi connectivity index (χ3n) is 4.01. The maximum Gasteiger partial charge on any atom is 0.270 e. The lowest BCUT2D eigenvalue weighted by atomic mass is 9.94. The average Bonchev–Trinajstić information content (AvgIpc) is 3.18. The van der Waals surface area contributed by atoms with Crippen molar-refractivity contribution in [2.24, 2.45) is 5.92 Å². The van der Waals surface area contributed by atoms with Gasteiger partial charge in [0.15, 0.2) is 0 Å². The fourth-order valence-corrected chi connectivity index (χ4v) is 2.83. The first kappa shape index (κ1) is 14.7. The number of nitrogens with zero attached hydrogens (tertiary/aromatic N) is 1. The van der Waals surface area contributed by atoms with Crippen LogP contribution in [0.15, 0.2) is 42.6 Å². The second-order valence-corrected chi connectivity index (χ2v) is 5.58. The zero-order valence-electron chi connectivity index (χ0n) is 12.3. The number of nitrogens with one attached hydrogen (secondary N) is 3. The van der Waals surface area contributed by atoms with E-state index in [2.05, 4.69) is 15.8 Å². The molecule has 0 spiro atoms. The van der Waals surface area contributed by atoms with Crippen molar-refractivity contribution in [3.8, 4) is 0 Å². The predicted molar refractivity (Wildman–Crippen MR) is 81.5 cm³/mol. The van der Waals surface area contributed by atoms with Gasteiger partial charge in [-0.2, -0.15) is 0 Å². The van der Waals surface area contributed by atoms with Crippen LogP contribution in [0.5, 0.6) is 0 Å². The molecule has 0 radical (unpaired) electrons. The van der Waals surface area contributed by atoms with Crippen molar-refractivity contribution in [2.45, 2.75) is 6.04 Å². The van der Waals surface area contributed by atoms with Crippen molar-refractivity contribution in [1.82, 2.24) is 20.7 Å². The largest absolute Gasteiger partial charge is 0.357 e. The molecule has 2 heterocycles. The van der Waals surface area contributed by atoms with Crippen LogP contribution in [0.2, 0.25) is 0 Å². The molecule has 1 aliphatic heterocycles. The molecule has 22 heavy (non-hydrogen) atoms. The summed E-state index contributed by atoms with van der Waals surface area (Å²) in [6.45, 7) is 1.37. The van der Waals surface area contributed by atoms with Gasteiger partial charge in [-0.25, -0.2) is 9.82 Å². The fraction of sp³-hybridized carbons (Fsp3) is 0.312. The van der Waals surface area contributed by atoms with Gasteiger partial charge in [0.2, 0.25) is 0 Å². The van der Waals surface area contributed by atoms with Crippen molar-refractivity contribution < 1.29 is 9.18 Å². The zero-order valence-corrected chi connectivity index (χ0v) is 12.3. The molecule has 1 aromatic carbocycles. The van der Waals surface area contributed by atoms with E-state index in [-0.39, 0.29) is 23.7 Å². The molecule has 0 saturated carbocycles.